The van der Waals surface area contributed by atoms with Crippen molar-refractivity contribution in [3.05, 3.63) is 35.4 Å². The molecular formula is C18H27N3O4S. The second kappa shape index (κ2) is 8.18. The molecule has 1 N–H and O–H groups in total. The van der Waals surface area contributed by atoms with E-state index in [9.17, 15) is 18.0 Å². The maximum Gasteiger partial charge on any atom is 0.304 e. The van der Waals surface area contributed by atoms with Crippen LogP contribution in [-0.4, -0.2) is 49.1 Å². The summed E-state index contributed by atoms with van der Waals surface area (Å²) in [6.07, 6.45) is 0. The minimum atomic E-state index is -3.74. The van der Waals surface area contributed by atoms with Gasteiger partial charge in [0, 0.05) is 25.2 Å². The number of hydrogen-bond acceptors (Lipinski definition) is 4. The highest BCUT2D eigenvalue weighted by atomic mass is 32.2. The second-order valence-corrected chi connectivity index (χ2v) is 9.16. The summed E-state index contributed by atoms with van der Waals surface area (Å²) in [5.41, 5.74) is 1.30. The van der Waals surface area contributed by atoms with Crippen LogP contribution in [0.2, 0.25) is 0 Å². The van der Waals surface area contributed by atoms with Gasteiger partial charge in [0.05, 0.1) is 6.54 Å². The van der Waals surface area contributed by atoms with Gasteiger partial charge in [0.1, 0.15) is 0 Å². The Hall–Kier alpha value is -1.93. The van der Waals surface area contributed by atoms with Crippen LogP contribution in [0.25, 0.3) is 0 Å². The van der Waals surface area contributed by atoms with Crippen LogP contribution >= 0.6 is 0 Å². The molecule has 0 aliphatic carbocycles. The largest absolute Gasteiger partial charge is 0.338 e. The molecule has 1 saturated heterocycles. The standard InChI is InChI=1S/C18H27N3O4S/c1-13(2)9-20(10-14(3)4)18(23)16-7-5-15(6-8-16)11-21-12-17(22)19-26(21,24)25/h5-8,13-14H,9-12H2,1-4H3,(H,19,22). The Morgan fingerprint density at radius 3 is 2.08 bits per heavy atom. The van der Waals surface area contributed by atoms with Crippen LogP contribution in [-0.2, 0) is 21.5 Å². The van der Waals surface area contributed by atoms with Crippen molar-refractivity contribution in [3.63, 3.8) is 0 Å². The van der Waals surface area contributed by atoms with Crippen LogP contribution in [0.5, 0.6) is 0 Å². The number of hydrogen-bond donors (Lipinski definition) is 1. The molecule has 26 heavy (non-hydrogen) atoms. The Kier molecular flexibility index (Phi) is 6.41. The van der Waals surface area contributed by atoms with Crippen LogP contribution in [0.3, 0.4) is 0 Å². The second-order valence-electron chi connectivity index (χ2n) is 7.49. The topological polar surface area (TPSA) is 86.8 Å². The SMILES string of the molecule is CC(C)CN(CC(C)C)C(=O)c1ccc(CN2CC(=O)NS2(=O)=O)cc1. The Balaban J connectivity index is 2.10. The van der Waals surface area contributed by atoms with Gasteiger partial charge in [0.25, 0.3) is 5.91 Å². The van der Waals surface area contributed by atoms with Gasteiger partial charge >= 0.3 is 10.2 Å². The monoisotopic (exact) mass is 381 g/mol. The first-order valence-corrected chi connectivity index (χ1v) is 10.2. The van der Waals surface area contributed by atoms with E-state index < -0.39 is 16.1 Å². The van der Waals surface area contributed by atoms with E-state index in [0.29, 0.717) is 30.5 Å². The van der Waals surface area contributed by atoms with E-state index in [-0.39, 0.29) is 19.0 Å². The number of nitrogens with zero attached hydrogens (tertiary/aromatic N) is 2. The van der Waals surface area contributed by atoms with Crippen molar-refractivity contribution in [2.75, 3.05) is 19.6 Å². The first-order valence-electron chi connectivity index (χ1n) is 8.77. The maximum absolute atomic E-state index is 12.8. The molecule has 0 atom stereocenters. The molecule has 2 rings (SSSR count). The van der Waals surface area contributed by atoms with Crippen molar-refractivity contribution in [2.45, 2.75) is 34.2 Å². The molecule has 0 aromatic heterocycles. The number of carbonyl (C=O) groups is 2. The van der Waals surface area contributed by atoms with E-state index in [0.717, 1.165) is 9.87 Å². The summed E-state index contributed by atoms with van der Waals surface area (Å²) < 4.78 is 26.6. The quantitative estimate of drug-likeness (QED) is 0.777. The molecule has 0 unspecified atom stereocenters. The minimum absolute atomic E-state index is 0.0235. The van der Waals surface area contributed by atoms with Gasteiger partial charge in [-0.05, 0) is 29.5 Å². The molecule has 1 fully saturated rings. The highest BCUT2D eigenvalue weighted by molar-refractivity contribution is 7.88. The normalized spacial score (nSPS) is 16.9. The van der Waals surface area contributed by atoms with Crippen molar-refractivity contribution < 1.29 is 18.0 Å². The third-order valence-electron chi connectivity index (χ3n) is 3.92. The summed E-state index contributed by atoms with van der Waals surface area (Å²) in [7, 11) is -3.74. The molecule has 0 radical (unpaired) electrons. The fourth-order valence-corrected chi connectivity index (χ4v) is 3.98. The van der Waals surface area contributed by atoms with Crippen LogP contribution in [0.1, 0.15) is 43.6 Å². The van der Waals surface area contributed by atoms with Crippen LogP contribution in [0, 0.1) is 11.8 Å². The first-order chi connectivity index (χ1) is 12.1. The molecule has 7 nitrogen and oxygen atoms in total. The van der Waals surface area contributed by atoms with Gasteiger partial charge in [0.2, 0.25) is 5.91 Å². The van der Waals surface area contributed by atoms with Crippen molar-refractivity contribution >= 4 is 22.0 Å². The minimum Gasteiger partial charge on any atom is -0.338 e. The van der Waals surface area contributed by atoms with Crippen molar-refractivity contribution in [2.24, 2.45) is 11.8 Å². The van der Waals surface area contributed by atoms with E-state index in [1.807, 2.05) is 9.62 Å². The van der Waals surface area contributed by atoms with Gasteiger partial charge in [-0.3, -0.25) is 9.59 Å². The summed E-state index contributed by atoms with van der Waals surface area (Å²) in [5.74, 6) is 0.198. The molecule has 144 valence electrons. The zero-order valence-electron chi connectivity index (χ0n) is 15.7. The summed E-state index contributed by atoms with van der Waals surface area (Å²) in [5, 5.41) is 0. The number of amides is 2. The molecule has 0 saturated carbocycles. The van der Waals surface area contributed by atoms with Gasteiger partial charge in [-0.2, -0.15) is 12.7 Å². The van der Waals surface area contributed by atoms with Gasteiger partial charge < -0.3 is 4.90 Å². The summed E-state index contributed by atoms with van der Waals surface area (Å²) in [6.45, 7) is 9.62. The van der Waals surface area contributed by atoms with E-state index in [4.69, 9.17) is 0 Å². The summed E-state index contributed by atoms with van der Waals surface area (Å²) in [6, 6.07) is 6.88. The lowest BCUT2D eigenvalue weighted by Gasteiger charge is -2.26. The Morgan fingerprint density at radius 1 is 1.12 bits per heavy atom. The highest BCUT2D eigenvalue weighted by Gasteiger charge is 2.33. The zero-order chi connectivity index (χ0) is 19.5. The lowest BCUT2D eigenvalue weighted by atomic mass is 10.1. The maximum atomic E-state index is 12.8. The highest BCUT2D eigenvalue weighted by Crippen LogP contribution is 2.15. The molecule has 1 aliphatic heterocycles. The third kappa shape index (κ3) is 5.28. The Labute approximate surface area is 155 Å². The molecule has 2 amide bonds. The lowest BCUT2D eigenvalue weighted by molar-refractivity contribution is -0.118. The van der Waals surface area contributed by atoms with Crippen molar-refractivity contribution in [1.82, 2.24) is 13.9 Å². The summed E-state index contributed by atoms with van der Waals surface area (Å²) >= 11 is 0. The Morgan fingerprint density at radius 2 is 1.65 bits per heavy atom. The molecular weight excluding hydrogens is 354 g/mol. The number of nitrogens with one attached hydrogen (secondary N) is 1. The predicted molar refractivity (Wildman–Crippen MR) is 99.5 cm³/mol. The molecule has 0 spiro atoms. The zero-order valence-corrected chi connectivity index (χ0v) is 16.5. The summed E-state index contributed by atoms with van der Waals surface area (Å²) in [4.78, 5) is 25.9. The fourth-order valence-electron chi connectivity index (χ4n) is 2.89. The first kappa shape index (κ1) is 20.4. The number of benzene rings is 1. The van der Waals surface area contributed by atoms with Gasteiger partial charge in [-0.1, -0.05) is 39.8 Å². The van der Waals surface area contributed by atoms with Crippen LogP contribution < -0.4 is 4.72 Å². The molecule has 1 aliphatic rings. The van der Waals surface area contributed by atoms with Crippen LogP contribution in [0.15, 0.2) is 24.3 Å². The predicted octanol–water partition coefficient (Wildman–Crippen LogP) is 1.62. The molecule has 8 heteroatoms. The number of carbonyl (C=O) groups excluding carboxylic acids is 2. The van der Waals surface area contributed by atoms with Gasteiger partial charge in [-0.15, -0.1) is 0 Å². The molecule has 1 aromatic carbocycles. The van der Waals surface area contributed by atoms with Crippen LogP contribution in [0.4, 0.5) is 0 Å². The fraction of sp³-hybridized carbons (Fsp3) is 0.556. The van der Waals surface area contributed by atoms with E-state index in [1.54, 1.807) is 24.3 Å². The molecule has 1 aromatic rings. The van der Waals surface area contributed by atoms with E-state index in [1.165, 1.54) is 0 Å². The average Bonchev–Trinajstić information content (AvgIpc) is 2.77. The van der Waals surface area contributed by atoms with E-state index in [2.05, 4.69) is 27.7 Å². The van der Waals surface area contributed by atoms with Gasteiger partial charge in [0.15, 0.2) is 0 Å². The number of rotatable bonds is 7. The van der Waals surface area contributed by atoms with Crippen molar-refractivity contribution in [1.29, 1.82) is 0 Å². The Bertz CT molecular complexity index is 747. The average molecular weight is 381 g/mol. The molecule has 0 bridgehead atoms. The van der Waals surface area contributed by atoms with E-state index >= 15 is 0 Å². The smallest absolute Gasteiger partial charge is 0.304 e. The molecule has 1 heterocycles. The lowest BCUT2D eigenvalue weighted by Crippen LogP contribution is -2.37. The van der Waals surface area contributed by atoms with Gasteiger partial charge in [-0.25, -0.2) is 4.72 Å². The van der Waals surface area contributed by atoms with Crippen molar-refractivity contribution in [3.8, 4) is 0 Å². The third-order valence-corrected chi connectivity index (χ3v) is 5.34.